The van der Waals surface area contributed by atoms with Crippen LogP contribution in [-0.2, 0) is 9.59 Å². The molecular weight excluding hydrogens is 228 g/mol. The Kier molecular flexibility index (Phi) is 4.89. The van der Waals surface area contributed by atoms with Gasteiger partial charge in [-0.1, -0.05) is 20.8 Å². The molecule has 0 N–H and O–H groups in total. The number of carbonyl (C=O) groups excluding carboxylic acids is 2. The van der Waals surface area contributed by atoms with Crippen LogP contribution in [0.5, 0.6) is 0 Å². The highest BCUT2D eigenvalue weighted by molar-refractivity contribution is 6.38. The van der Waals surface area contributed by atoms with E-state index < -0.39 is 5.41 Å². The minimum absolute atomic E-state index is 0.0776. The number of carbonyl (C=O) groups is 2. The van der Waals surface area contributed by atoms with Gasteiger partial charge in [-0.25, -0.2) is 0 Å². The lowest BCUT2D eigenvalue weighted by molar-refractivity contribution is -0.149. The van der Waals surface area contributed by atoms with E-state index in [9.17, 15) is 9.59 Å². The Morgan fingerprint density at radius 2 is 2.11 bits per heavy atom. The molecule has 4 nitrogen and oxygen atoms in total. The van der Waals surface area contributed by atoms with Crippen molar-refractivity contribution in [3.63, 3.8) is 0 Å². The van der Waals surface area contributed by atoms with Crippen LogP contribution in [0.15, 0.2) is 0 Å². The first-order valence-electron chi connectivity index (χ1n) is 6.66. The van der Waals surface area contributed by atoms with Crippen molar-refractivity contribution in [1.82, 2.24) is 4.90 Å². The van der Waals surface area contributed by atoms with Gasteiger partial charge in [-0.3, -0.25) is 9.59 Å². The zero-order valence-electron chi connectivity index (χ0n) is 11.5. The Morgan fingerprint density at radius 3 is 2.67 bits per heavy atom. The minimum atomic E-state index is -0.584. The maximum atomic E-state index is 12.2. The summed E-state index contributed by atoms with van der Waals surface area (Å²) in [6.07, 6.45) is 3.63. The fourth-order valence-electron chi connectivity index (χ4n) is 2.21. The van der Waals surface area contributed by atoms with Crippen molar-refractivity contribution in [2.75, 3.05) is 6.54 Å². The lowest BCUT2D eigenvalue weighted by Gasteiger charge is -2.28. The van der Waals surface area contributed by atoms with Gasteiger partial charge in [-0.05, 0) is 25.7 Å². The van der Waals surface area contributed by atoms with E-state index in [0.29, 0.717) is 25.8 Å². The standard InChI is InChI=1S/C14H22N2O2/c1-4-14(2,3)12(17)13(18)16-10-6-8-11(16)7-5-9-15/h11H,4-8,10H2,1-3H3. The summed E-state index contributed by atoms with van der Waals surface area (Å²) in [5, 5.41) is 8.61. The van der Waals surface area contributed by atoms with Gasteiger partial charge in [-0.15, -0.1) is 0 Å². The van der Waals surface area contributed by atoms with Crippen LogP contribution < -0.4 is 0 Å². The van der Waals surface area contributed by atoms with Crippen LogP contribution in [0.4, 0.5) is 0 Å². The van der Waals surface area contributed by atoms with Gasteiger partial charge in [0.15, 0.2) is 0 Å². The van der Waals surface area contributed by atoms with Crippen LogP contribution >= 0.6 is 0 Å². The monoisotopic (exact) mass is 250 g/mol. The molecule has 1 rings (SSSR count). The van der Waals surface area contributed by atoms with Crippen LogP contribution in [-0.4, -0.2) is 29.2 Å². The van der Waals surface area contributed by atoms with E-state index in [1.807, 2.05) is 20.8 Å². The molecule has 0 aromatic rings. The third-order valence-electron chi connectivity index (χ3n) is 3.92. The van der Waals surface area contributed by atoms with Crippen molar-refractivity contribution in [3.8, 4) is 6.07 Å². The number of hydrogen-bond acceptors (Lipinski definition) is 3. The molecule has 1 amide bonds. The first-order valence-corrected chi connectivity index (χ1v) is 6.66. The average molecular weight is 250 g/mol. The molecule has 0 radical (unpaired) electrons. The first kappa shape index (κ1) is 14.7. The van der Waals surface area contributed by atoms with Crippen LogP contribution in [0, 0.1) is 16.7 Å². The van der Waals surface area contributed by atoms with Crippen LogP contribution in [0.1, 0.15) is 52.9 Å². The van der Waals surface area contributed by atoms with E-state index in [4.69, 9.17) is 5.26 Å². The van der Waals surface area contributed by atoms with Crippen LogP contribution in [0.2, 0.25) is 0 Å². The second kappa shape index (κ2) is 5.99. The topological polar surface area (TPSA) is 61.2 Å². The van der Waals surface area contributed by atoms with Gasteiger partial charge in [0.25, 0.3) is 5.91 Å². The Morgan fingerprint density at radius 1 is 1.44 bits per heavy atom. The van der Waals surface area contributed by atoms with Crippen LogP contribution in [0.25, 0.3) is 0 Å². The normalized spacial score (nSPS) is 19.7. The number of nitrogens with zero attached hydrogens (tertiary/aromatic N) is 2. The lowest BCUT2D eigenvalue weighted by atomic mass is 9.84. The number of Topliss-reactive ketones (excluding diaryl/α,β-unsaturated/α-hetero) is 1. The summed E-state index contributed by atoms with van der Waals surface area (Å²) in [4.78, 5) is 26.0. The van der Waals surface area contributed by atoms with Crippen molar-refractivity contribution < 1.29 is 9.59 Å². The van der Waals surface area contributed by atoms with Crippen molar-refractivity contribution in [1.29, 1.82) is 5.26 Å². The van der Waals surface area contributed by atoms with Gasteiger partial charge < -0.3 is 4.90 Å². The van der Waals surface area contributed by atoms with Crippen molar-refractivity contribution in [2.45, 2.75) is 58.9 Å². The molecule has 0 aromatic carbocycles. The summed E-state index contributed by atoms with van der Waals surface area (Å²) in [5.74, 6) is -0.656. The van der Waals surface area contributed by atoms with E-state index in [2.05, 4.69) is 6.07 Å². The summed E-state index contributed by atoms with van der Waals surface area (Å²) in [7, 11) is 0. The zero-order chi connectivity index (χ0) is 13.8. The molecule has 100 valence electrons. The quantitative estimate of drug-likeness (QED) is 0.703. The van der Waals surface area contributed by atoms with Crippen molar-refractivity contribution >= 4 is 11.7 Å². The summed E-state index contributed by atoms with van der Waals surface area (Å²) >= 11 is 0. The Hall–Kier alpha value is -1.37. The maximum absolute atomic E-state index is 12.2. The number of likely N-dealkylation sites (tertiary alicyclic amines) is 1. The Labute approximate surface area is 109 Å². The highest BCUT2D eigenvalue weighted by Crippen LogP contribution is 2.26. The molecule has 0 bridgehead atoms. The highest BCUT2D eigenvalue weighted by Gasteiger charge is 2.38. The minimum Gasteiger partial charge on any atom is -0.333 e. The zero-order valence-corrected chi connectivity index (χ0v) is 11.5. The Bertz CT molecular complexity index is 368. The molecule has 1 fully saturated rings. The predicted molar refractivity (Wildman–Crippen MR) is 68.7 cm³/mol. The third-order valence-corrected chi connectivity index (χ3v) is 3.92. The predicted octanol–water partition coefficient (Wildman–Crippen LogP) is 2.29. The van der Waals surface area contributed by atoms with Gasteiger partial charge in [0, 0.05) is 24.4 Å². The summed E-state index contributed by atoms with van der Waals surface area (Å²) in [6, 6.07) is 2.18. The van der Waals surface area contributed by atoms with Gasteiger partial charge in [0.1, 0.15) is 0 Å². The summed E-state index contributed by atoms with van der Waals surface area (Å²) in [6.45, 7) is 6.20. The molecule has 0 saturated carbocycles. The Balaban J connectivity index is 2.71. The van der Waals surface area contributed by atoms with Gasteiger partial charge in [-0.2, -0.15) is 5.26 Å². The van der Waals surface area contributed by atoms with Crippen molar-refractivity contribution in [2.24, 2.45) is 5.41 Å². The van der Waals surface area contributed by atoms with E-state index in [1.165, 1.54) is 0 Å². The second-order valence-electron chi connectivity index (χ2n) is 5.56. The van der Waals surface area contributed by atoms with E-state index in [1.54, 1.807) is 4.90 Å². The van der Waals surface area contributed by atoms with Gasteiger partial charge in [0.05, 0.1) is 6.07 Å². The smallest absolute Gasteiger partial charge is 0.290 e. The fraction of sp³-hybridized carbons (Fsp3) is 0.786. The molecule has 1 unspecified atom stereocenters. The molecule has 1 saturated heterocycles. The maximum Gasteiger partial charge on any atom is 0.290 e. The first-order chi connectivity index (χ1) is 8.44. The number of amides is 1. The average Bonchev–Trinajstić information content (AvgIpc) is 2.82. The molecule has 1 atom stereocenters. The van der Waals surface area contributed by atoms with Gasteiger partial charge >= 0.3 is 0 Å². The fourth-order valence-corrected chi connectivity index (χ4v) is 2.21. The molecule has 0 aromatic heterocycles. The van der Waals surface area contributed by atoms with E-state index >= 15 is 0 Å². The number of nitriles is 1. The SMILES string of the molecule is CCC(C)(C)C(=O)C(=O)N1CCCC1CCC#N. The molecule has 1 aliphatic heterocycles. The van der Waals surface area contributed by atoms with Crippen molar-refractivity contribution in [3.05, 3.63) is 0 Å². The third kappa shape index (κ3) is 3.10. The number of hydrogen-bond donors (Lipinski definition) is 0. The molecule has 0 spiro atoms. The van der Waals surface area contributed by atoms with Gasteiger partial charge in [0.2, 0.25) is 5.78 Å². The summed E-state index contributed by atoms with van der Waals surface area (Å²) in [5.41, 5.74) is -0.584. The van der Waals surface area contributed by atoms with E-state index in [0.717, 1.165) is 12.8 Å². The largest absolute Gasteiger partial charge is 0.333 e. The number of ketones is 1. The summed E-state index contributed by atoms with van der Waals surface area (Å²) < 4.78 is 0. The lowest BCUT2D eigenvalue weighted by Crippen LogP contribution is -2.44. The van der Waals surface area contributed by atoms with E-state index in [-0.39, 0.29) is 17.7 Å². The molecule has 18 heavy (non-hydrogen) atoms. The molecule has 1 heterocycles. The molecular formula is C14H22N2O2. The van der Waals surface area contributed by atoms with Crippen LogP contribution in [0.3, 0.4) is 0 Å². The highest BCUT2D eigenvalue weighted by atomic mass is 16.2. The number of rotatable bonds is 5. The molecule has 0 aliphatic carbocycles. The second-order valence-corrected chi connectivity index (χ2v) is 5.56. The molecule has 4 heteroatoms. The molecule has 1 aliphatic rings.